The molecule has 12 rings (SSSR count). The summed E-state index contributed by atoms with van der Waals surface area (Å²) >= 11 is 0. The molecule has 1 aliphatic carbocycles. The predicted octanol–water partition coefficient (Wildman–Crippen LogP) is 15.4. The van der Waals surface area contributed by atoms with Gasteiger partial charge in [-0.1, -0.05) is 188 Å². The van der Waals surface area contributed by atoms with Crippen LogP contribution in [0.15, 0.2) is 229 Å². The third-order valence-electron chi connectivity index (χ3n) is 12.5. The summed E-state index contributed by atoms with van der Waals surface area (Å²) in [5.41, 5.74) is 14.2. The molecule has 0 bridgehead atoms. The van der Waals surface area contributed by atoms with Crippen LogP contribution in [0.3, 0.4) is 0 Å². The molecule has 2 heteroatoms. The van der Waals surface area contributed by atoms with Crippen molar-refractivity contribution in [2.75, 3.05) is 4.90 Å². The maximum Gasteiger partial charge on any atom is 0.159 e. The molecule has 0 saturated heterocycles. The van der Waals surface area contributed by atoms with E-state index in [4.69, 9.17) is 4.42 Å². The van der Waals surface area contributed by atoms with E-state index in [-0.39, 0.29) is 0 Å². The van der Waals surface area contributed by atoms with Gasteiger partial charge >= 0.3 is 0 Å². The van der Waals surface area contributed by atoms with Gasteiger partial charge in [-0.15, -0.1) is 0 Å². The summed E-state index contributed by atoms with van der Waals surface area (Å²) in [5.74, 6) is 0. The summed E-state index contributed by atoms with van der Waals surface area (Å²) in [5, 5.41) is 7.24. The Balaban J connectivity index is 1.07. The summed E-state index contributed by atoms with van der Waals surface area (Å²) in [6.07, 6.45) is 0. The Labute approximate surface area is 342 Å². The van der Waals surface area contributed by atoms with E-state index in [2.05, 4.69) is 229 Å². The number of anilines is 3. The van der Waals surface area contributed by atoms with Crippen LogP contribution in [0.2, 0.25) is 0 Å². The van der Waals surface area contributed by atoms with Crippen molar-refractivity contribution in [2.24, 2.45) is 0 Å². The molecule has 1 aromatic heterocycles. The highest BCUT2D eigenvalue weighted by Crippen LogP contribution is 2.57. The SMILES string of the molecule is c1ccc(-c2cccc3c2oc2c(N(c4ccccc4)c4ccc(C5(c6ccc7c(ccc8ccccc87)c6)c6ccccc6-c6ccccc65)cc4)cccc23)cc1. The molecule has 0 unspecified atom stereocenters. The quantitative estimate of drug-likeness (QED) is 0.157. The van der Waals surface area contributed by atoms with Crippen molar-refractivity contribution >= 4 is 60.5 Å². The van der Waals surface area contributed by atoms with Crippen LogP contribution in [0.25, 0.3) is 65.7 Å². The molecule has 0 aliphatic heterocycles. The largest absolute Gasteiger partial charge is 0.453 e. The first-order valence-electron chi connectivity index (χ1n) is 20.3. The molecular weight excluding hydrogens is 715 g/mol. The van der Waals surface area contributed by atoms with Crippen LogP contribution in [0.4, 0.5) is 17.1 Å². The zero-order valence-electron chi connectivity index (χ0n) is 32.2. The van der Waals surface area contributed by atoms with Crippen LogP contribution in [0.5, 0.6) is 0 Å². The molecule has 276 valence electrons. The van der Waals surface area contributed by atoms with Crippen molar-refractivity contribution in [3.63, 3.8) is 0 Å². The lowest BCUT2D eigenvalue weighted by Gasteiger charge is -2.34. The molecule has 0 radical (unpaired) electrons. The summed E-state index contributed by atoms with van der Waals surface area (Å²) in [6, 6.07) is 81.7. The number of rotatable bonds is 6. The van der Waals surface area contributed by atoms with Gasteiger partial charge in [0, 0.05) is 27.7 Å². The molecule has 0 N–H and O–H groups in total. The lowest BCUT2D eigenvalue weighted by molar-refractivity contribution is 0.670. The van der Waals surface area contributed by atoms with Gasteiger partial charge in [0.15, 0.2) is 5.58 Å². The lowest BCUT2D eigenvalue weighted by Crippen LogP contribution is -2.28. The van der Waals surface area contributed by atoms with Crippen molar-refractivity contribution < 1.29 is 4.42 Å². The minimum Gasteiger partial charge on any atom is -0.453 e. The Morgan fingerprint density at radius 1 is 0.339 bits per heavy atom. The van der Waals surface area contributed by atoms with Gasteiger partial charge in [-0.25, -0.2) is 0 Å². The van der Waals surface area contributed by atoms with E-state index in [1.807, 2.05) is 0 Å². The van der Waals surface area contributed by atoms with Gasteiger partial charge in [0.2, 0.25) is 0 Å². The average Bonchev–Trinajstić information content (AvgIpc) is 3.85. The van der Waals surface area contributed by atoms with Crippen molar-refractivity contribution in [1.82, 2.24) is 0 Å². The van der Waals surface area contributed by atoms with E-state index in [1.165, 1.54) is 54.9 Å². The number of para-hydroxylation sites is 3. The highest BCUT2D eigenvalue weighted by molar-refractivity contribution is 6.13. The Morgan fingerprint density at radius 2 is 0.881 bits per heavy atom. The van der Waals surface area contributed by atoms with Crippen molar-refractivity contribution in [3.8, 4) is 22.3 Å². The Bertz CT molecular complexity index is 3330. The second-order valence-electron chi connectivity index (χ2n) is 15.6. The first kappa shape index (κ1) is 33.5. The maximum absolute atomic E-state index is 6.97. The van der Waals surface area contributed by atoms with Gasteiger partial charge in [-0.05, 0) is 96.9 Å². The molecule has 0 amide bonds. The molecule has 0 saturated carbocycles. The van der Waals surface area contributed by atoms with E-state index < -0.39 is 5.41 Å². The highest BCUT2D eigenvalue weighted by atomic mass is 16.3. The van der Waals surface area contributed by atoms with E-state index in [9.17, 15) is 0 Å². The molecule has 0 fully saturated rings. The second-order valence-corrected chi connectivity index (χ2v) is 15.6. The molecule has 10 aromatic carbocycles. The average molecular weight is 752 g/mol. The lowest BCUT2D eigenvalue weighted by atomic mass is 9.67. The number of hydrogen-bond donors (Lipinski definition) is 0. The Morgan fingerprint density at radius 3 is 1.64 bits per heavy atom. The fraction of sp³-hybridized carbons (Fsp3) is 0.0175. The number of fused-ring (bicyclic) bond motifs is 9. The summed E-state index contributed by atoms with van der Waals surface area (Å²) in [4.78, 5) is 2.33. The van der Waals surface area contributed by atoms with E-state index in [0.717, 1.165) is 50.1 Å². The van der Waals surface area contributed by atoms with Gasteiger partial charge in [-0.3, -0.25) is 0 Å². The van der Waals surface area contributed by atoms with Gasteiger partial charge < -0.3 is 9.32 Å². The zero-order chi connectivity index (χ0) is 38.9. The van der Waals surface area contributed by atoms with Gasteiger partial charge in [0.25, 0.3) is 0 Å². The third kappa shape index (κ3) is 5.00. The monoisotopic (exact) mass is 751 g/mol. The topological polar surface area (TPSA) is 16.4 Å². The standard InChI is InChI=1S/C57H37NO/c1-3-15-38(16-4-1)47-23-13-24-50-51-25-14-28-54(56(51)59-55(47)50)58(43-18-5-2-6-19-43)44-34-31-41(32-35-44)57(52-26-11-9-21-48(52)49-22-10-12-27-53(49)57)42-33-36-46-40(37-42)30-29-39-17-7-8-20-45(39)46/h1-37H. The van der Waals surface area contributed by atoms with E-state index in [1.54, 1.807) is 0 Å². The first-order valence-corrected chi connectivity index (χ1v) is 20.3. The minimum absolute atomic E-state index is 0.532. The maximum atomic E-state index is 6.97. The van der Waals surface area contributed by atoms with Gasteiger partial charge in [0.1, 0.15) is 5.58 Å². The molecule has 2 nitrogen and oxygen atoms in total. The summed E-state index contributed by atoms with van der Waals surface area (Å²) < 4.78 is 6.97. The fourth-order valence-electron chi connectivity index (χ4n) is 9.96. The molecule has 1 aliphatic rings. The fourth-order valence-corrected chi connectivity index (χ4v) is 9.96. The van der Waals surface area contributed by atoms with Crippen molar-refractivity contribution in [1.29, 1.82) is 0 Å². The number of nitrogens with zero attached hydrogens (tertiary/aromatic N) is 1. The third-order valence-corrected chi connectivity index (χ3v) is 12.5. The van der Waals surface area contributed by atoms with Crippen molar-refractivity contribution in [2.45, 2.75) is 5.41 Å². The number of hydrogen-bond acceptors (Lipinski definition) is 2. The summed E-state index contributed by atoms with van der Waals surface area (Å²) in [6.45, 7) is 0. The highest BCUT2D eigenvalue weighted by Gasteiger charge is 2.46. The molecule has 59 heavy (non-hydrogen) atoms. The van der Waals surface area contributed by atoms with Gasteiger partial charge in [-0.2, -0.15) is 0 Å². The minimum atomic E-state index is -0.532. The number of benzene rings is 10. The molecule has 0 spiro atoms. The van der Waals surface area contributed by atoms with Crippen LogP contribution in [0, 0.1) is 0 Å². The molecule has 1 heterocycles. The predicted molar refractivity (Wildman–Crippen MR) is 246 cm³/mol. The Kier molecular flexibility index (Phi) is 7.48. The molecular formula is C57H37NO. The normalized spacial score (nSPS) is 12.9. The van der Waals surface area contributed by atoms with E-state index in [0.29, 0.717) is 0 Å². The van der Waals surface area contributed by atoms with Crippen molar-refractivity contribution in [3.05, 3.63) is 247 Å². The smallest absolute Gasteiger partial charge is 0.159 e. The Hall–Kier alpha value is -7.68. The van der Waals surface area contributed by atoms with Crippen LogP contribution < -0.4 is 4.90 Å². The van der Waals surface area contributed by atoms with Crippen LogP contribution in [-0.2, 0) is 5.41 Å². The van der Waals surface area contributed by atoms with E-state index >= 15 is 0 Å². The molecule has 11 aromatic rings. The number of furan rings is 1. The van der Waals surface area contributed by atoms with Crippen LogP contribution in [-0.4, -0.2) is 0 Å². The second kappa shape index (κ2) is 13.2. The summed E-state index contributed by atoms with van der Waals surface area (Å²) in [7, 11) is 0. The van der Waals surface area contributed by atoms with Crippen LogP contribution in [0.1, 0.15) is 22.3 Å². The zero-order valence-corrected chi connectivity index (χ0v) is 32.2. The van der Waals surface area contributed by atoms with Gasteiger partial charge in [0.05, 0.1) is 11.1 Å². The first-order chi connectivity index (χ1) is 29.3. The van der Waals surface area contributed by atoms with Crippen LogP contribution >= 0.6 is 0 Å². The molecule has 0 atom stereocenters.